The predicted octanol–water partition coefficient (Wildman–Crippen LogP) is 4.05. The number of aromatic nitrogens is 1. The zero-order chi connectivity index (χ0) is 18.6. The number of ether oxygens (including phenoxy) is 1. The van der Waals surface area contributed by atoms with E-state index in [1.54, 1.807) is 6.07 Å². The molecule has 2 aromatic carbocycles. The molecule has 1 atom stereocenters. The van der Waals surface area contributed by atoms with Gasteiger partial charge in [-0.15, -0.1) is 0 Å². The Bertz CT molecular complexity index is 940. The fourth-order valence-electron chi connectivity index (χ4n) is 3.21. The molecule has 0 radical (unpaired) electrons. The van der Waals surface area contributed by atoms with Gasteiger partial charge in [0.15, 0.2) is 0 Å². The van der Waals surface area contributed by atoms with Gasteiger partial charge in [-0.1, -0.05) is 18.2 Å². The van der Waals surface area contributed by atoms with Gasteiger partial charge in [-0.25, -0.2) is 9.37 Å². The monoisotopic (exact) mass is 366 g/mol. The van der Waals surface area contributed by atoms with Crippen molar-refractivity contribution in [3.05, 3.63) is 71.9 Å². The summed E-state index contributed by atoms with van der Waals surface area (Å²) in [5.74, 6) is 0.563. The molecule has 0 fully saturated rings. The molecule has 27 heavy (non-hydrogen) atoms. The average Bonchev–Trinajstić information content (AvgIpc) is 3.05. The molecular weight excluding hydrogens is 347 g/mol. The Labute approximate surface area is 156 Å². The Morgan fingerprint density at radius 1 is 1.22 bits per heavy atom. The smallest absolute Gasteiger partial charge is 0.226 e. The molecule has 2 heterocycles. The maximum atomic E-state index is 13.7. The standard InChI is InChI=1S/C21H19FN2O3/c22-15-8-9-19-17(11-15)18(7-4-10-26-19)24-20(25)12-16-13-27-21(23-16)14-5-2-1-3-6-14/h1-3,5-6,8-9,11,13,18H,4,7,10,12H2,(H,24,25). The third-order valence-electron chi connectivity index (χ3n) is 4.49. The Balaban J connectivity index is 1.46. The van der Waals surface area contributed by atoms with Crippen LogP contribution in [0.4, 0.5) is 4.39 Å². The molecule has 0 saturated carbocycles. The second-order valence-corrected chi connectivity index (χ2v) is 6.48. The van der Waals surface area contributed by atoms with Gasteiger partial charge in [-0.2, -0.15) is 0 Å². The number of carbonyl (C=O) groups excluding carboxylic acids is 1. The van der Waals surface area contributed by atoms with Crippen LogP contribution in [0.5, 0.6) is 5.75 Å². The molecule has 0 spiro atoms. The van der Waals surface area contributed by atoms with E-state index >= 15 is 0 Å². The van der Waals surface area contributed by atoms with Crippen LogP contribution in [-0.4, -0.2) is 17.5 Å². The number of carbonyl (C=O) groups is 1. The van der Waals surface area contributed by atoms with Crippen LogP contribution in [0, 0.1) is 5.82 Å². The van der Waals surface area contributed by atoms with Crippen molar-refractivity contribution in [2.75, 3.05) is 6.61 Å². The lowest BCUT2D eigenvalue weighted by Gasteiger charge is -2.18. The van der Waals surface area contributed by atoms with Crippen LogP contribution < -0.4 is 10.1 Å². The van der Waals surface area contributed by atoms with Gasteiger partial charge in [0, 0.05) is 11.1 Å². The summed E-state index contributed by atoms with van der Waals surface area (Å²) in [5, 5.41) is 2.97. The molecule has 6 heteroatoms. The van der Waals surface area contributed by atoms with Crippen molar-refractivity contribution in [2.24, 2.45) is 0 Å². The lowest BCUT2D eigenvalue weighted by atomic mass is 10.0. The van der Waals surface area contributed by atoms with Crippen molar-refractivity contribution in [3.8, 4) is 17.2 Å². The zero-order valence-electron chi connectivity index (χ0n) is 14.7. The number of oxazole rings is 1. The maximum Gasteiger partial charge on any atom is 0.226 e. The summed E-state index contributed by atoms with van der Waals surface area (Å²) in [4.78, 5) is 16.9. The highest BCUT2D eigenvalue weighted by molar-refractivity contribution is 5.78. The van der Waals surface area contributed by atoms with Gasteiger partial charge in [-0.3, -0.25) is 4.79 Å². The molecule has 1 amide bonds. The maximum absolute atomic E-state index is 13.7. The van der Waals surface area contributed by atoms with E-state index < -0.39 is 0 Å². The van der Waals surface area contributed by atoms with Crippen molar-refractivity contribution in [2.45, 2.75) is 25.3 Å². The minimum Gasteiger partial charge on any atom is -0.493 e. The van der Waals surface area contributed by atoms with E-state index in [2.05, 4.69) is 10.3 Å². The number of amides is 1. The third-order valence-corrected chi connectivity index (χ3v) is 4.49. The SMILES string of the molecule is O=C(Cc1coc(-c2ccccc2)n1)NC1CCCOc2ccc(F)cc21. The Hall–Kier alpha value is -3.15. The number of hydrogen-bond donors (Lipinski definition) is 1. The molecule has 5 nitrogen and oxygen atoms in total. The van der Waals surface area contributed by atoms with E-state index in [0.717, 1.165) is 12.0 Å². The lowest BCUT2D eigenvalue weighted by molar-refractivity contribution is -0.121. The first-order valence-corrected chi connectivity index (χ1v) is 8.90. The first-order chi connectivity index (χ1) is 13.2. The van der Waals surface area contributed by atoms with Crippen LogP contribution in [0.25, 0.3) is 11.5 Å². The molecule has 0 saturated heterocycles. The zero-order valence-corrected chi connectivity index (χ0v) is 14.7. The number of rotatable bonds is 4. The number of benzene rings is 2. The van der Waals surface area contributed by atoms with Crippen molar-refractivity contribution in [3.63, 3.8) is 0 Å². The second kappa shape index (κ2) is 7.61. The molecular formula is C21H19FN2O3. The number of fused-ring (bicyclic) bond motifs is 1. The molecule has 138 valence electrons. The molecule has 0 aliphatic carbocycles. The molecule has 1 aliphatic rings. The van der Waals surface area contributed by atoms with E-state index in [1.807, 2.05) is 30.3 Å². The van der Waals surface area contributed by atoms with Crippen molar-refractivity contribution < 1.29 is 18.3 Å². The molecule has 1 N–H and O–H groups in total. The molecule has 1 unspecified atom stereocenters. The number of nitrogens with one attached hydrogen (secondary N) is 1. The van der Waals surface area contributed by atoms with Crippen molar-refractivity contribution >= 4 is 5.91 Å². The van der Waals surface area contributed by atoms with Crippen molar-refractivity contribution in [1.29, 1.82) is 0 Å². The van der Waals surface area contributed by atoms with Crippen molar-refractivity contribution in [1.82, 2.24) is 10.3 Å². The summed E-state index contributed by atoms with van der Waals surface area (Å²) in [7, 11) is 0. The minimum atomic E-state index is -0.345. The van der Waals surface area contributed by atoms with Gasteiger partial charge < -0.3 is 14.5 Å². The topological polar surface area (TPSA) is 64.4 Å². The molecule has 4 rings (SSSR count). The van der Waals surface area contributed by atoms with Gasteiger partial charge in [-0.05, 0) is 43.2 Å². The van der Waals surface area contributed by atoms with Gasteiger partial charge in [0.25, 0.3) is 0 Å². The largest absolute Gasteiger partial charge is 0.493 e. The first-order valence-electron chi connectivity index (χ1n) is 8.90. The summed E-state index contributed by atoms with van der Waals surface area (Å²) in [5.41, 5.74) is 2.08. The van der Waals surface area contributed by atoms with Crippen LogP contribution in [-0.2, 0) is 11.2 Å². The van der Waals surface area contributed by atoms with Gasteiger partial charge >= 0.3 is 0 Å². The van der Waals surface area contributed by atoms with Gasteiger partial charge in [0.2, 0.25) is 11.8 Å². The number of hydrogen-bond acceptors (Lipinski definition) is 4. The Morgan fingerprint density at radius 2 is 2.07 bits per heavy atom. The predicted molar refractivity (Wildman–Crippen MR) is 97.7 cm³/mol. The van der Waals surface area contributed by atoms with E-state index in [-0.39, 0.29) is 24.2 Å². The average molecular weight is 366 g/mol. The number of nitrogens with zero attached hydrogens (tertiary/aromatic N) is 1. The summed E-state index contributed by atoms with van der Waals surface area (Å²) in [6.07, 6.45) is 3.06. The fourth-order valence-corrected chi connectivity index (χ4v) is 3.21. The Morgan fingerprint density at radius 3 is 2.93 bits per heavy atom. The lowest BCUT2D eigenvalue weighted by Crippen LogP contribution is -2.29. The van der Waals surface area contributed by atoms with Crippen LogP contribution in [0.2, 0.25) is 0 Å². The first kappa shape index (κ1) is 17.3. The molecule has 3 aromatic rings. The highest BCUT2D eigenvalue weighted by Crippen LogP contribution is 2.32. The van der Waals surface area contributed by atoms with E-state index in [0.29, 0.717) is 35.9 Å². The normalized spacial score (nSPS) is 16.1. The van der Waals surface area contributed by atoms with E-state index in [9.17, 15) is 9.18 Å². The fraction of sp³-hybridized carbons (Fsp3) is 0.238. The quantitative estimate of drug-likeness (QED) is 0.756. The van der Waals surface area contributed by atoms with Gasteiger partial charge in [0.1, 0.15) is 17.8 Å². The Kier molecular flexibility index (Phi) is 4.87. The minimum absolute atomic E-state index is 0.0956. The van der Waals surface area contributed by atoms with E-state index in [4.69, 9.17) is 9.15 Å². The number of halogens is 1. The summed E-state index contributed by atoms with van der Waals surface area (Å²) in [6, 6.07) is 13.6. The molecule has 1 aromatic heterocycles. The van der Waals surface area contributed by atoms with Crippen LogP contribution >= 0.6 is 0 Å². The summed E-state index contributed by atoms with van der Waals surface area (Å²) >= 11 is 0. The van der Waals surface area contributed by atoms with E-state index in [1.165, 1.54) is 18.4 Å². The molecule has 0 bridgehead atoms. The highest BCUT2D eigenvalue weighted by Gasteiger charge is 2.22. The summed E-state index contributed by atoms with van der Waals surface area (Å²) in [6.45, 7) is 0.550. The highest BCUT2D eigenvalue weighted by atomic mass is 19.1. The van der Waals surface area contributed by atoms with Crippen LogP contribution in [0.1, 0.15) is 30.1 Å². The summed E-state index contributed by atoms with van der Waals surface area (Å²) < 4.78 is 24.8. The second-order valence-electron chi connectivity index (χ2n) is 6.48. The molecule has 1 aliphatic heterocycles. The van der Waals surface area contributed by atoms with Crippen LogP contribution in [0.3, 0.4) is 0 Å². The van der Waals surface area contributed by atoms with Crippen LogP contribution in [0.15, 0.2) is 59.2 Å². The third kappa shape index (κ3) is 4.00. The van der Waals surface area contributed by atoms with Gasteiger partial charge in [0.05, 0.1) is 24.8 Å².